The molecule has 0 unspecified atom stereocenters. The number of hydrogen-bond donors (Lipinski definition) is 0. The summed E-state index contributed by atoms with van der Waals surface area (Å²) >= 11 is 0. The van der Waals surface area contributed by atoms with Crippen molar-refractivity contribution in [1.82, 2.24) is 0 Å². The third kappa shape index (κ3) is 9.98. The molecule has 0 bridgehead atoms. The summed E-state index contributed by atoms with van der Waals surface area (Å²) in [5, 5.41) is 0. The fourth-order valence-electron chi connectivity index (χ4n) is 12.0. The molecule has 0 atom stereocenters. The molecule has 0 amide bonds. The lowest BCUT2D eigenvalue weighted by Crippen LogP contribution is -2.10. The van der Waals surface area contributed by atoms with Crippen molar-refractivity contribution in [3.63, 3.8) is 0 Å². The van der Waals surface area contributed by atoms with E-state index in [2.05, 4.69) is 242 Å². The Bertz CT molecular complexity index is 3080. The highest BCUT2D eigenvalue weighted by atomic mass is 15.1. The molecule has 73 heavy (non-hydrogen) atoms. The maximum atomic E-state index is 2.41. The van der Waals surface area contributed by atoms with Gasteiger partial charge < -0.3 is 4.90 Å². The van der Waals surface area contributed by atoms with Crippen molar-refractivity contribution < 1.29 is 0 Å². The molecule has 0 aliphatic heterocycles. The van der Waals surface area contributed by atoms with E-state index in [1.807, 2.05) is 0 Å². The van der Waals surface area contributed by atoms with Gasteiger partial charge >= 0.3 is 0 Å². The second-order valence-electron chi connectivity index (χ2n) is 20.3. The molecular formula is C72H63N. The lowest BCUT2D eigenvalue weighted by atomic mass is 9.83. The van der Waals surface area contributed by atoms with E-state index in [4.69, 9.17) is 0 Å². The molecule has 12 rings (SSSR count). The Kier molecular flexibility index (Phi) is 13.5. The Hall–Kier alpha value is -8.00. The average Bonchev–Trinajstić information content (AvgIpc) is 3.47. The summed E-state index contributed by atoms with van der Waals surface area (Å²) < 4.78 is 0. The van der Waals surface area contributed by atoms with Gasteiger partial charge in [0.1, 0.15) is 0 Å². The molecule has 0 aromatic heterocycles. The molecule has 9 aromatic carbocycles. The monoisotopic (exact) mass is 941 g/mol. The summed E-state index contributed by atoms with van der Waals surface area (Å²) in [5.41, 5.74) is 27.7. The third-order valence-electron chi connectivity index (χ3n) is 15.7. The molecule has 3 aliphatic rings. The van der Waals surface area contributed by atoms with E-state index >= 15 is 0 Å². The lowest BCUT2D eigenvalue weighted by molar-refractivity contribution is 0.684. The van der Waals surface area contributed by atoms with Crippen LogP contribution in [0.1, 0.15) is 122 Å². The molecule has 3 aliphatic carbocycles. The minimum Gasteiger partial charge on any atom is -0.311 e. The van der Waals surface area contributed by atoms with Crippen LogP contribution in [0.15, 0.2) is 218 Å². The number of nitrogens with zero attached hydrogens (tertiary/aromatic N) is 1. The number of benzene rings is 9. The Morgan fingerprint density at radius 1 is 0.260 bits per heavy atom. The van der Waals surface area contributed by atoms with E-state index in [-0.39, 0.29) is 0 Å². The van der Waals surface area contributed by atoms with Gasteiger partial charge in [0, 0.05) is 17.1 Å². The van der Waals surface area contributed by atoms with Crippen LogP contribution in [0.2, 0.25) is 0 Å². The summed E-state index contributed by atoms with van der Waals surface area (Å²) in [6, 6.07) is 81.3. The van der Waals surface area contributed by atoms with Crippen LogP contribution in [0.4, 0.5) is 17.1 Å². The summed E-state index contributed by atoms with van der Waals surface area (Å²) in [6.07, 6.45) is 21.6. The summed E-state index contributed by atoms with van der Waals surface area (Å²) in [6.45, 7) is 0. The first kappa shape index (κ1) is 46.1. The van der Waals surface area contributed by atoms with Gasteiger partial charge in [-0.05, 0) is 232 Å². The normalized spacial score (nSPS) is 14.7. The molecular weight excluding hydrogens is 879 g/mol. The predicted octanol–water partition coefficient (Wildman–Crippen LogP) is 18.6. The van der Waals surface area contributed by atoms with E-state index < -0.39 is 0 Å². The highest BCUT2D eigenvalue weighted by molar-refractivity contribution is 5.96. The van der Waals surface area contributed by atoms with Crippen LogP contribution in [0.3, 0.4) is 0 Å². The minimum absolute atomic E-state index is 1.11. The molecule has 356 valence electrons. The molecule has 0 radical (unpaired) electrons. The van der Waals surface area contributed by atoms with Gasteiger partial charge in [0.05, 0.1) is 0 Å². The number of fused-ring (bicyclic) bond motifs is 3. The van der Waals surface area contributed by atoms with Gasteiger partial charge in [-0.25, -0.2) is 0 Å². The zero-order valence-electron chi connectivity index (χ0n) is 41.9. The van der Waals surface area contributed by atoms with Crippen molar-refractivity contribution in [2.24, 2.45) is 0 Å². The largest absolute Gasteiger partial charge is 0.311 e. The van der Waals surface area contributed by atoms with Crippen LogP contribution in [-0.2, 0) is 38.5 Å². The van der Waals surface area contributed by atoms with E-state index in [0.29, 0.717) is 0 Å². The molecule has 0 saturated carbocycles. The van der Waals surface area contributed by atoms with Gasteiger partial charge in [-0.15, -0.1) is 0 Å². The first-order chi connectivity index (χ1) is 36.2. The lowest BCUT2D eigenvalue weighted by Gasteiger charge is -2.26. The fourth-order valence-corrected chi connectivity index (χ4v) is 12.0. The average molecular weight is 942 g/mol. The van der Waals surface area contributed by atoms with Crippen molar-refractivity contribution in [1.29, 1.82) is 0 Å². The van der Waals surface area contributed by atoms with E-state index in [1.165, 1.54) is 139 Å². The van der Waals surface area contributed by atoms with Gasteiger partial charge in [0.25, 0.3) is 0 Å². The molecule has 0 N–H and O–H groups in total. The molecule has 1 nitrogen and oxygen atoms in total. The standard InChI is InChI=1S/C72H63N/c1-4-19-58(20-5-1)70(67-34-16-28-55-25-10-13-31-64(55)67)49-52-37-43-61(44-38-52)73(62-45-39-53(40-46-62)50-71(59-21-6-2-7-22-59)68-35-17-29-56-26-11-14-32-65(56)68)63-47-41-54(42-48-63)51-72(60-23-8-3-9-24-60)69-36-18-30-57-27-12-15-33-66(57)69/h1-9,16-24,28-30,34-51H,10-15,25-27,31-33H2/b70-49+,71-50+,72-51+. The second kappa shape index (κ2) is 21.4. The van der Waals surface area contributed by atoms with Crippen LogP contribution in [0, 0.1) is 0 Å². The Labute approximate surface area is 433 Å². The topological polar surface area (TPSA) is 3.24 Å². The van der Waals surface area contributed by atoms with Crippen molar-refractivity contribution in [2.75, 3.05) is 4.90 Å². The van der Waals surface area contributed by atoms with E-state index in [1.54, 1.807) is 0 Å². The van der Waals surface area contributed by atoms with Gasteiger partial charge in [0.15, 0.2) is 0 Å². The predicted molar refractivity (Wildman–Crippen MR) is 311 cm³/mol. The number of anilines is 3. The molecule has 9 aromatic rings. The van der Waals surface area contributed by atoms with Gasteiger partial charge in [0.2, 0.25) is 0 Å². The number of aryl methyl sites for hydroxylation is 3. The van der Waals surface area contributed by atoms with Crippen LogP contribution in [0.25, 0.3) is 34.9 Å². The second-order valence-corrected chi connectivity index (χ2v) is 20.3. The molecule has 0 spiro atoms. The summed E-state index contributed by atoms with van der Waals surface area (Å²) in [5.74, 6) is 0. The first-order valence-electron chi connectivity index (χ1n) is 27.0. The highest BCUT2D eigenvalue weighted by Crippen LogP contribution is 2.40. The molecule has 0 fully saturated rings. The van der Waals surface area contributed by atoms with E-state index in [0.717, 1.165) is 55.6 Å². The van der Waals surface area contributed by atoms with Gasteiger partial charge in [-0.1, -0.05) is 182 Å². The smallest absolute Gasteiger partial charge is 0.0462 e. The van der Waals surface area contributed by atoms with Crippen molar-refractivity contribution in [3.8, 4) is 0 Å². The SMILES string of the molecule is C(=C(/c1ccccc1)c1cccc2c1CCCC2)/c1ccc(N(c2ccc(/C=C(\c3ccccc3)c3cccc4c3CCCC4)cc2)c2ccc(/C=C(\c3ccccc3)c3cccc4c3CCCC4)cc2)cc1. The molecule has 0 heterocycles. The molecule has 0 saturated heterocycles. The first-order valence-corrected chi connectivity index (χ1v) is 27.0. The quantitative estimate of drug-likeness (QED) is 0.110. The van der Waals surface area contributed by atoms with Gasteiger partial charge in [-0.3, -0.25) is 0 Å². The Morgan fingerprint density at radius 2 is 0.534 bits per heavy atom. The number of rotatable bonds is 12. The maximum Gasteiger partial charge on any atom is 0.0462 e. The Balaban J connectivity index is 0.942. The van der Waals surface area contributed by atoms with Crippen molar-refractivity contribution in [3.05, 3.63) is 302 Å². The summed E-state index contributed by atoms with van der Waals surface area (Å²) in [4.78, 5) is 2.41. The fraction of sp³-hybridized carbons (Fsp3) is 0.167. The van der Waals surface area contributed by atoms with Crippen LogP contribution < -0.4 is 4.90 Å². The van der Waals surface area contributed by atoms with Crippen LogP contribution in [-0.4, -0.2) is 0 Å². The van der Waals surface area contributed by atoms with Crippen LogP contribution in [0.5, 0.6) is 0 Å². The minimum atomic E-state index is 1.11. The van der Waals surface area contributed by atoms with Gasteiger partial charge in [-0.2, -0.15) is 0 Å². The highest BCUT2D eigenvalue weighted by Gasteiger charge is 2.21. The zero-order chi connectivity index (χ0) is 48.8. The maximum absolute atomic E-state index is 2.41. The zero-order valence-corrected chi connectivity index (χ0v) is 41.9. The van der Waals surface area contributed by atoms with Crippen molar-refractivity contribution in [2.45, 2.75) is 77.0 Å². The van der Waals surface area contributed by atoms with Crippen LogP contribution >= 0.6 is 0 Å². The Morgan fingerprint density at radius 3 is 0.822 bits per heavy atom. The van der Waals surface area contributed by atoms with E-state index in [9.17, 15) is 0 Å². The summed E-state index contributed by atoms with van der Waals surface area (Å²) in [7, 11) is 0. The van der Waals surface area contributed by atoms with Crippen molar-refractivity contribution >= 4 is 52.0 Å². The number of hydrogen-bond acceptors (Lipinski definition) is 1. The third-order valence-corrected chi connectivity index (χ3v) is 15.7. The molecule has 1 heteroatoms.